The summed E-state index contributed by atoms with van der Waals surface area (Å²) in [5.41, 5.74) is 0. The molecular formula is C22H44IN3O2S. The normalized spacial score (nSPS) is 24.6. The van der Waals surface area contributed by atoms with E-state index in [1.54, 1.807) is 0 Å². The number of hydrogen-bond acceptors (Lipinski definition) is 3. The minimum atomic E-state index is -0.677. The maximum absolute atomic E-state index is 12.1. The molecule has 0 bridgehead atoms. The molecule has 0 heterocycles. The van der Waals surface area contributed by atoms with Crippen molar-refractivity contribution in [2.75, 3.05) is 25.4 Å². The first-order chi connectivity index (χ1) is 13.7. The first-order valence-electron chi connectivity index (χ1n) is 11.8. The van der Waals surface area contributed by atoms with Gasteiger partial charge in [-0.1, -0.05) is 32.6 Å². The number of nitrogens with one attached hydrogen (secondary N) is 2. The third kappa shape index (κ3) is 11.3. The fraction of sp³-hybridized carbons (Fsp3) is 0.955. The number of unbranched alkanes of at least 4 members (excludes halogenated alkanes) is 2. The van der Waals surface area contributed by atoms with Crippen molar-refractivity contribution in [2.45, 2.75) is 108 Å². The maximum atomic E-state index is 12.1. The van der Waals surface area contributed by atoms with Gasteiger partial charge in [-0.05, 0) is 58.3 Å². The Hall–Kier alpha value is 0.110. The summed E-state index contributed by atoms with van der Waals surface area (Å²) in [6, 6.07) is 0.399. The number of aliphatic imine (C=N–C) groups is 1. The van der Waals surface area contributed by atoms with Crippen molar-refractivity contribution in [1.29, 1.82) is 0 Å². The third-order valence-corrected chi connectivity index (χ3v) is 7.69. The summed E-state index contributed by atoms with van der Waals surface area (Å²) in [5, 5.41) is 7.31. The van der Waals surface area contributed by atoms with Crippen LogP contribution in [-0.4, -0.2) is 53.0 Å². The number of guanidine groups is 1. The van der Waals surface area contributed by atoms with Gasteiger partial charge in [0.25, 0.3) is 0 Å². The largest absolute Gasteiger partial charge is 0.378 e. The highest BCUT2D eigenvalue weighted by Crippen LogP contribution is 2.23. The summed E-state index contributed by atoms with van der Waals surface area (Å²) in [5.74, 6) is 1.70. The van der Waals surface area contributed by atoms with E-state index < -0.39 is 10.8 Å². The van der Waals surface area contributed by atoms with Gasteiger partial charge in [0.15, 0.2) is 5.96 Å². The summed E-state index contributed by atoms with van der Waals surface area (Å²) >= 11 is 0. The van der Waals surface area contributed by atoms with Crippen LogP contribution in [0.4, 0.5) is 0 Å². The predicted octanol–water partition coefficient (Wildman–Crippen LogP) is 4.76. The Bertz CT molecular complexity index is 473. The molecule has 0 saturated heterocycles. The van der Waals surface area contributed by atoms with Crippen LogP contribution in [-0.2, 0) is 15.5 Å². The van der Waals surface area contributed by atoms with E-state index in [-0.39, 0.29) is 24.0 Å². The van der Waals surface area contributed by atoms with Gasteiger partial charge in [-0.3, -0.25) is 9.20 Å². The molecule has 0 aliphatic heterocycles. The van der Waals surface area contributed by atoms with Gasteiger partial charge in [-0.15, -0.1) is 24.0 Å². The molecule has 5 nitrogen and oxygen atoms in total. The van der Waals surface area contributed by atoms with E-state index >= 15 is 0 Å². The topological polar surface area (TPSA) is 62.7 Å². The number of nitrogens with zero attached hydrogens (tertiary/aromatic N) is 1. The molecule has 2 aliphatic carbocycles. The quantitative estimate of drug-likeness (QED) is 0.171. The lowest BCUT2D eigenvalue weighted by atomic mass is 9.95. The van der Waals surface area contributed by atoms with E-state index in [1.165, 1.54) is 38.5 Å². The lowest BCUT2D eigenvalue weighted by molar-refractivity contribution is 0.0264. The smallest absolute Gasteiger partial charge is 0.191 e. The van der Waals surface area contributed by atoms with Gasteiger partial charge < -0.3 is 15.4 Å². The summed E-state index contributed by atoms with van der Waals surface area (Å²) < 4.78 is 18.2. The van der Waals surface area contributed by atoms with Crippen LogP contribution in [0.3, 0.4) is 0 Å². The van der Waals surface area contributed by atoms with Crippen LogP contribution in [0.25, 0.3) is 0 Å². The highest BCUT2D eigenvalue weighted by atomic mass is 127. The van der Waals surface area contributed by atoms with E-state index in [1.807, 2.05) is 6.92 Å². The minimum absolute atomic E-state index is 0. The van der Waals surface area contributed by atoms with Crippen molar-refractivity contribution in [2.24, 2.45) is 4.99 Å². The fourth-order valence-electron chi connectivity index (χ4n) is 4.33. The van der Waals surface area contributed by atoms with Crippen molar-refractivity contribution in [3.8, 4) is 0 Å². The molecule has 2 aliphatic rings. The molecule has 0 spiro atoms. The number of halogens is 1. The second kappa shape index (κ2) is 16.8. The van der Waals surface area contributed by atoms with Gasteiger partial charge in [0, 0.05) is 47.5 Å². The zero-order chi connectivity index (χ0) is 20.0. The highest BCUT2D eigenvalue weighted by molar-refractivity contribution is 14.0. The van der Waals surface area contributed by atoms with Crippen molar-refractivity contribution in [3.63, 3.8) is 0 Å². The third-order valence-electron chi connectivity index (χ3n) is 5.95. The van der Waals surface area contributed by atoms with Crippen LogP contribution >= 0.6 is 24.0 Å². The Morgan fingerprint density at radius 2 is 1.83 bits per heavy atom. The van der Waals surface area contributed by atoms with Crippen molar-refractivity contribution < 1.29 is 8.95 Å². The second-order valence-electron chi connectivity index (χ2n) is 8.25. The average molecular weight is 542 g/mol. The Morgan fingerprint density at radius 1 is 1.03 bits per heavy atom. The molecule has 0 amide bonds. The van der Waals surface area contributed by atoms with Crippen LogP contribution in [0.2, 0.25) is 0 Å². The Labute approximate surface area is 198 Å². The molecule has 2 N–H and O–H groups in total. The standard InChI is InChI=1S/C22H43N3O2S.HI/c1-3-23-22(25-19-12-11-15-21(18-19)28(26)4-2)24-16-9-6-10-17-27-20-13-7-5-8-14-20;/h19-21H,3-18H2,1-2H3,(H2,23,24,25);1H. The van der Waals surface area contributed by atoms with Crippen LogP contribution in [0, 0.1) is 0 Å². The lowest BCUT2D eigenvalue weighted by Gasteiger charge is -2.30. The zero-order valence-electron chi connectivity index (χ0n) is 18.6. The van der Waals surface area contributed by atoms with Gasteiger partial charge >= 0.3 is 0 Å². The fourth-order valence-corrected chi connectivity index (χ4v) is 5.68. The van der Waals surface area contributed by atoms with Crippen molar-refractivity contribution >= 4 is 40.7 Å². The Kier molecular flexibility index (Phi) is 15.7. The summed E-state index contributed by atoms with van der Waals surface area (Å²) in [7, 11) is -0.677. The average Bonchev–Trinajstić information content (AvgIpc) is 2.73. The van der Waals surface area contributed by atoms with E-state index in [9.17, 15) is 4.21 Å². The van der Waals surface area contributed by atoms with Crippen LogP contribution < -0.4 is 10.6 Å². The second-order valence-corrected chi connectivity index (χ2v) is 10.3. The molecule has 7 heteroatoms. The van der Waals surface area contributed by atoms with E-state index in [4.69, 9.17) is 9.73 Å². The first-order valence-corrected chi connectivity index (χ1v) is 13.1. The number of rotatable bonds is 11. The van der Waals surface area contributed by atoms with Gasteiger partial charge in [-0.25, -0.2) is 0 Å². The van der Waals surface area contributed by atoms with E-state index in [0.717, 1.165) is 69.9 Å². The maximum Gasteiger partial charge on any atom is 0.191 e. The number of ether oxygens (including phenoxy) is 1. The van der Waals surface area contributed by atoms with Gasteiger partial charge in [0.05, 0.1) is 6.10 Å². The van der Waals surface area contributed by atoms with Crippen LogP contribution in [0.5, 0.6) is 0 Å². The Balaban J connectivity index is 0.00000420. The highest BCUT2D eigenvalue weighted by Gasteiger charge is 2.26. The molecule has 2 saturated carbocycles. The summed E-state index contributed by atoms with van der Waals surface area (Å²) in [4.78, 5) is 4.76. The first kappa shape index (κ1) is 27.1. The van der Waals surface area contributed by atoms with Crippen LogP contribution in [0.1, 0.15) is 90.9 Å². The van der Waals surface area contributed by atoms with Gasteiger partial charge in [-0.2, -0.15) is 0 Å². The van der Waals surface area contributed by atoms with Crippen molar-refractivity contribution in [3.05, 3.63) is 0 Å². The molecule has 0 radical (unpaired) electrons. The molecule has 29 heavy (non-hydrogen) atoms. The Morgan fingerprint density at radius 3 is 2.55 bits per heavy atom. The van der Waals surface area contributed by atoms with E-state index in [0.29, 0.717) is 17.4 Å². The summed E-state index contributed by atoms with van der Waals surface area (Å²) in [6.45, 7) is 6.77. The molecule has 0 aromatic carbocycles. The zero-order valence-corrected chi connectivity index (χ0v) is 21.8. The lowest BCUT2D eigenvalue weighted by Crippen LogP contribution is -2.46. The van der Waals surface area contributed by atoms with Crippen molar-refractivity contribution in [1.82, 2.24) is 10.6 Å². The monoisotopic (exact) mass is 541 g/mol. The van der Waals surface area contributed by atoms with E-state index in [2.05, 4.69) is 17.6 Å². The minimum Gasteiger partial charge on any atom is -0.378 e. The molecule has 2 rings (SSSR count). The molecule has 3 atom stereocenters. The van der Waals surface area contributed by atoms with Gasteiger partial charge in [0.1, 0.15) is 0 Å². The molecular weight excluding hydrogens is 497 g/mol. The van der Waals surface area contributed by atoms with Crippen LogP contribution in [0.15, 0.2) is 4.99 Å². The SMILES string of the molecule is CCNC(=NCCCCCOC1CCCCC1)NC1CCCC(S(=O)CC)C1.I. The predicted molar refractivity (Wildman–Crippen MR) is 136 cm³/mol. The molecule has 0 aromatic heterocycles. The summed E-state index contributed by atoms with van der Waals surface area (Å²) in [6.07, 6.45) is 15.0. The molecule has 2 fully saturated rings. The molecule has 0 aromatic rings. The molecule has 172 valence electrons. The molecule has 3 unspecified atom stereocenters. The number of hydrogen-bond donors (Lipinski definition) is 2. The van der Waals surface area contributed by atoms with Gasteiger partial charge in [0.2, 0.25) is 0 Å².